The number of aromatic nitrogens is 1. The second-order valence-corrected chi connectivity index (χ2v) is 5.53. The van der Waals surface area contributed by atoms with Gasteiger partial charge in [0.1, 0.15) is 0 Å². The molecule has 0 aromatic carbocycles. The van der Waals surface area contributed by atoms with Gasteiger partial charge in [-0.25, -0.2) is 0 Å². The van der Waals surface area contributed by atoms with Crippen molar-refractivity contribution in [3.8, 4) is 0 Å². The summed E-state index contributed by atoms with van der Waals surface area (Å²) >= 11 is 0. The van der Waals surface area contributed by atoms with E-state index in [0.717, 1.165) is 44.7 Å². The van der Waals surface area contributed by atoms with Crippen LogP contribution in [-0.4, -0.2) is 47.9 Å². The van der Waals surface area contributed by atoms with Gasteiger partial charge in [-0.15, -0.1) is 0 Å². The smallest absolute Gasteiger partial charge is 0.252 e. The average Bonchev–Trinajstić information content (AvgIpc) is 2.56. The van der Waals surface area contributed by atoms with Crippen LogP contribution in [0.5, 0.6) is 0 Å². The van der Waals surface area contributed by atoms with Gasteiger partial charge in [0, 0.05) is 44.5 Å². The molecule has 1 aliphatic rings. The van der Waals surface area contributed by atoms with Crippen LogP contribution in [0.2, 0.25) is 0 Å². The number of piperidine rings is 1. The Bertz CT molecular complexity index is 535. The largest absolute Gasteiger partial charge is 0.371 e. The second kappa shape index (κ2) is 7.24. The zero-order chi connectivity index (χ0) is 16.1. The van der Waals surface area contributed by atoms with Gasteiger partial charge in [-0.1, -0.05) is 0 Å². The molecule has 1 fully saturated rings. The Kier molecular flexibility index (Phi) is 5.35. The fraction of sp³-hybridized carbons (Fsp3) is 0.562. The average molecular weight is 304 g/mol. The van der Waals surface area contributed by atoms with E-state index in [1.54, 1.807) is 6.20 Å². The molecule has 1 aliphatic heterocycles. The molecule has 2 heterocycles. The van der Waals surface area contributed by atoms with Crippen molar-refractivity contribution in [2.75, 3.05) is 31.1 Å². The van der Waals surface area contributed by atoms with Crippen molar-refractivity contribution >= 4 is 17.5 Å². The maximum absolute atomic E-state index is 12.4. The summed E-state index contributed by atoms with van der Waals surface area (Å²) in [7, 11) is 0. The lowest BCUT2D eigenvalue weighted by atomic mass is 9.94. The summed E-state index contributed by atoms with van der Waals surface area (Å²) < 4.78 is 0. The van der Waals surface area contributed by atoms with Crippen LogP contribution in [0.25, 0.3) is 0 Å². The van der Waals surface area contributed by atoms with Gasteiger partial charge in [-0.2, -0.15) is 0 Å². The summed E-state index contributed by atoms with van der Waals surface area (Å²) in [5.41, 5.74) is 6.66. The van der Waals surface area contributed by atoms with E-state index >= 15 is 0 Å². The molecule has 0 aliphatic carbocycles. The molecular formula is C16H24N4O2. The molecule has 0 atom stereocenters. The first kappa shape index (κ1) is 16.3. The van der Waals surface area contributed by atoms with Gasteiger partial charge in [0.05, 0.1) is 11.3 Å². The highest BCUT2D eigenvalue weighted by Crippen LogP contribution is 2.26. The number of hydrogen-bond acceptors (Lipinski definition) is 4. The van der Waals surface area contributed by atoms with E-state index < -0.39 is 5.91 Å². The highest BCUT2D eigenvalue weighted by molar-refractivity contribution is 5.98. The molecule has 120 valence electrons. The maximum Gasteiger partial charge on any atom is 0.252 e. The number of rotatable bonds is 5. The molecule has 0 saturated carbocycles. The fourth-order valence-corrected chi connectivity index (χ4v) is 3.01. The van der Waals surface area contributed by atoms with Crippen molar-refractivity contribution in [1.82, 2.24) is 9.88 Å². The predicted molar refractivity (Wildman–Crippen MR) is 85.6 cm³/mol. The summed E-state index contributed by atoms with van der Waals surface area (Å²) in [6.07, 6.45) is 4.77. The lowest BCUT2D eigenvalue weighted by Crippen LogP contribution is -2.43. The minimum Gasteiger partial charge on any atom is -0.371 e. The molecule has 0 spiro atoms. The summed E-state index contributed by atoms with van der Waals surface area (Å²) in [4.78, 5) is 31.9. The first-order valence-corrected chi connectivity index (χ1v) is 7.86. The molecule has 2 rings (SSSR count). The second-order valence-electron chi connectivity index (χ2n) is 5.53. The van der Waals surface area contributed by atoms with Gasteiger partial charge < -0.3 is 15.5 Å². The van der Waals surface area contributed by atoms with E-state index in [0.29, 0.717) is 5.56 Å². The number of anilines is 1. The van der Waals surface area contributed by atoms with Crippen molar-refractivity contribution in [1.29, 1.82) is 0 Å². The van der Waals surface area contributed by atoms with Crippen LogP contribution in [-0.2, 0) is 4.79 Å². The van der Waals surface area contributed by atoms with Gasteiger partial charge in [0.25, 0.3) is 5.91 Å². The van der Waals surface area contributed by atoms with Gasteiger partial charge in [0.15, 0.2) is 0 Å². The molecule has 2 amide bonds. The van der Waals surface area contributed by atoms with Gasteiger partial charge in [0.2, 0.25) is 5.91 Å². The van der Waals surface area contributed by atoms with E-state index in [-0.39, 0.29) is 11.8 Å². The van der Waals surface area contributed by atoms with E-state index in [4.69, 9.17) is 5.73 Å². The van der Waals surface area contributed by atoms with Crippen molar-refractivity contribution in [2.45, 2.75) is 26.7 Å². The van der Waals surface area contributed by atoms with Crippen LogP contribution in [0.1, 0.15) is 37.0 Å². The normalized spacial score (nSPS) is 15.6. The lowest BCUT2D eigenvalue weighted by Gasteiger charge is -2.35. The van der Waals surface area contributed by atoms with E-state index in [1.807, 2.05) is 24.8 Å². The number of carbonyl (C=O) groups excluding carboxylic acids is 2. The summed E-state index contributed by atoms with van der Waals surface area (Å²) in [5, 5.41) is 0. The van der Waals surface area contributed by atoms with Crippen molar-refractivity contribution < 1.29 is 9.59 Å². The third-order valence-electron chi connectivity index (χ3n) is 4.32. The lowest BCUT2D eigenvalue weighted by molar-refractivity contribution is -0.135. The zero-order valence-corrected chi connectivity index (χ0v) is 13.3. The number of nitrogens with two attached hydrogens (primary N) is 1. The number of primary amides is 1. The molecular weight excluding hydrogens is 280 g/mol. The molecule has 22 heavy (non-hydrogen) atoms. The zero-order valence-electron chi connectivity index (χ0n) is 13.3. The van der Waals surface area contributed by atoms with Gasteiger partial charge >= 0.3 is 0 Å². The van der Waals surface area contributed by atoms with Crippen LogP contribution in [0, 0.1) is 5.92 Å². The highest BCUT2D eigenvalue weighted by Gasteiger charge is 2.28. The number of pyridine rings is 1. The SMILES string of the molecule is CCN(CC)C(=O)C1CCN(c2ccncc2C(N)=O)CC1. The van der Waals surface area contributed by atoms with Crippen LogP contribution in [0.15, 0.2) is 18.5 Å². The van der Waals surface area contributed by atoms with Crippen molar-refractivity contribution in [2.24, 2.45) is 11.7 Å². The molecule has 6 nitrogen and oxygen atoms in total. The Morgan fingerprint density at radius 2 is 1.95 bits per heavy atom. The predicted octanol–water partition coefficient (Wildman–Crippen LogP) is 1.27. The van der Waals surface area contributed by atoms with Crippen LogP contribution >= 0.6 is 0 Å². The Balaban J connectivity index is 2.04. The maximum atomic E-state index is 12.4. The first-order chi connectivity index (χ1) is 10.6. The van der Waals surface area contributed by atoms with Crippen LogP contribution in [0.3, 0.4) is 0 Å². The number of hydrogen-bond donors (Lipinski definition) is 1. The number of nitrogens with zero attached hydrogens (tertiary/aromatic N) is 3. The first-order valence-electron chi connectivity index (χ1n) is 7.86. The van der Waals surface area contributed by atoms with Crippen LogP contribution < -0.4 is 10.6 Å². The van der Waals surface area contributed by atoms with E-state index in [2.05, 4.69) is 9.88 Å². The van der Waals surface area contributed by atoms with E-state index in [9.17, 15) is 9.59 Å². The summed E-state index contributed by atoms with van der Waals surface area (Å²) in [6.45, 7) is 7.03. The summed E-state index contributed by atoms with van der Waals surface area (Å²) in [6, 6.07) is 1.81. The molecule has 2 N–H and O–H groups in total. The Morgan fingerprint density at radius 3 is 2.50 bits per heavy atom. The topological polar surface area (TPSA) is 79.5 Å². The van der Waals surface area contributed by atoms with Crippen molar-refractivity contribution in [3.05, 3.63) is 24.0 Å². The fourth-order valence-electron chi connectivity index (χ4n) is 3.01. The molecule has 1 aromatic rings. The molecule has 6 heteroatoms. The van der Waals surface area contributed by atoms with Gasteiger partial charge in [-0.3, -0.25) is 14.6 Å². The minimum atomic E-state index is -0.468. The Labute approximate surface area is 131 Å². The molecule has 0 unspecified atom stereocenters. The highest BCUT2D eigenvalue weighted by atomic mass is 16.2. The third kappa shape index (κ3) is 3.37. The molecule has 0 radical (unpaired) electrons. The number of amides is 2. The standard InChI is InChI=1S/C16H24N4O2/c1-3-19(4-2)16(22)12-6-9-20(10-7-12)14-5-8-18-11-13(14)15(17)21/h5,8,11-12H,3-4,6-7,9-10H2,1-2H3,(H2,17,21). The minimum absolute atomic E-state index is 0.0787. The van der Waals surface area contributed by atoms with Crippen molar-refractivity contribution in [3.63, 3.8) is 0 Å². The summed E-state index contributed by atoms with van der Waals surface area (Å²) in [5.74, 6) is -0.144. The Hall–Kier alpha value is -2.11. The molecule has 1 saturated heterocycles. The van der Waals surface area contributed by atoms with Crippen LogP contribution in [0.4, 0.5) is 5.69 Å². The molecule has 0 bridgehead atoms. The quantitative estimate of drug-likeness (QED) is 0.888. The van der Waals surface area contributed by atoms with Gasteiger partial charge in [-0.05, 0) is 32.8 Å². The number of carbonyl (C=O) groups is 2. The third-order valence-corrected chi connectivity index (χ3v) is 4.32. The Morgan fingerprint density at radius 1 is 1.32 bits per heavy atom. The van der Waals surface area contributed by atoms with E-state index in [1.165, 1.54) is 6.20 Å². The monoisotopic (exact) mass is 304 g/mol. The molecule has 1 aromatic heterocycles.